The van der Waals surface area contributed by atoms with E-state index in [4.69, 9.17) is 0 Å². The Morgan fingerprint density at radius 1 is 0.895 bits per heavy atom. The number of hydrogen-bond acceptors (Lipinski definition) is 1. The summed E-state index contributed by atoms with van der Waals surface area (Å²) in [7, 11) is 1.76. The minimum absolute atomic E-state index is 0.0751. The van der Waals surface area contributed by atoms with Gasteiger partial charge in [-0.05, 0) is 78.3 Å². The van der Waals surface area contributed by atoms with E-state index < -0.39 is 0 Å². The first-order valence-corrected chi connectivity index (χ1v) is 14.3. The van der Waals surface area contributed by atoms with Crippen LogP contribution in [-0.2, 0) is 11.3 Å². The molecule has 1 aliphatic carbocycles. The minimum Gasteiger partial charge on any atom is -0.338 e. The number of halogens is 1. The molecule has 0 aromatic heterocycles. The summed E-state index contributed by atoms with van der Waals surface area (Å²) in [4.78, 5) is 13.7. The quantitative estimate of drug-likeness (QED) is 0.196. The Balaban J connectivity index is 1.37. The maximum Gasteiger partial charge on any atom is 0.248 e. The van der Waals surface area contributed by atoms with E-state index in [1.54, 1.807) is 24.9 Å². The number of rotatable bonds is 10. The highest BCUT2D eigenvalue weighted by Crippen LogP contribution is 2.38. The topological polar surface area (TPSA) is 20.3 Å². The summed E-state index contributed by atoms with van der Waals surface area (Å²) in [6, 6.07) is 22.0. The third-order valence-electron chi connectivity index (χ3n) is 8.14. The third kappa shape index (κ3) is 7.01. The standard InChI is InChI=1S/C35H42FNO/c1-5-6-7-8-26-9-13-28(14-10-26)29-17-19-30(20-18-29)32-21-22-33(34(36)23-32)31-15-11-27(12-16-31)24-37(4)35(38)25(2)3/h11-12,15-23,26,28H,2,5-10,13-14,24H2,1,3-4H3. The Bertz CT molecular complexity index is 1220. The van der Waals surface area contributed by atoms with Gasteiger partial charge in [0.2, 0.25) is 5.91 Å². The Labute approximate surface area is 228 Å². The highest BCUT2D eigenvalue weighted by molar-refractivity contribution is 5.91. The van der Waals surface area contributed by atoms with E-state index in [1.165, 1.54) is 56.9 Å². The van der Waals surface area contributed by atoms with Gasteiger partial charge in [-0.25, -0.2) is 4.39 Å². The average Bonchev–Trinajstić information content (AvgIpc) is 2.93. The van der Waals surface area contributed by atoms with Crippen molar-refractivity contribution in [3.05, 3.63) is 95.8 Å². The van der Waals surface area contributed by atoms with Gasteiger partial charge < -0.3 is 4.90 Å². The molecule has 0 heterocycles. The van der Waals surface area contributed by atoms with Crippen molar-refractivity contribution < 1.29 is 9.18 Å². The molecule has 0 unspecified atom stereocenters. The lowest BCUT2D eigenvalue weighted by Crippen LogP contribution is -2.26. The Morgan fingerprint density at radius 3 is 2.13 bits per heavy atom. The molecule has 1 fully saturated rings. The highest BCUT2D eigenvalue weighted by Gasteiger charge is 2.22. The van der Waals surface area contributed by atoms with Gasteiger partial charge in [-0.1, -0.05) is 99.8 Å². The number of nitrogens with zero attached hydrogens (tertiary/aromatic N) is 1. The van der Waals surface area contributed by atoms with Crippen LogP contribution in [0.1, 0.15) is 82.3 Å². The first-order chi connectivity index (χ1) is 18.4. The summed E-state index contributed by atoms with van der Waals surface area (Å²) in [6.45, 7) is 8.20. The van der Waals surface area contributed by atoms with Gasteiger partial charge in [0.25, 0.3) is 0 Å². The third-order valence-corrected chi connectivity index (χ3v) is 8.14. The van der Waals surface area contributed by atoms with Gasteiger partial charge in [0.15, 0.2) is 0 Å². The van der Waals surface area contributed by atoms with Crippen LogP contribution in [0.5, 0.6) is 0 Å². The van der Waals surface area contributed by atoms with E-state index in [0.29, 0.717) is 23.6 Å². The number of carbonyl (C=O) groups excluding carboxylic acids is 1. The lowest BCUT2D eigenvalue weighted by atomic mass is 9.77. The van der Waals surface area contributed by atoms with Crippen molar-refractivity contribution in [3.63, 3.8) is 0 Å². The Kier molecular flexibility index (Phi) is 9.55. The van der Waals surface area contributed by atoms with Gasteiger partial charge in [-0.2, -0.15) is 0 Å². The van der Waals surface area contributed by atoms with Crippen LogP contribution in [0.2, 0.25) is 0 Å². The van der Waals surface area contributed by atoms with Gasteiger partial charge in [-0.15, -0.1) is 0 Å². The van der Waals surface area contributed by atoms with Crippen molar-refractivity contribution in [1.29, 1.82) is 0 Å². The summed E-state index contributed by atoms with van der Waals surface area (Å²) < 4.78 is 15.2. The van der Waals surface area contributed by atoms with Crippen LogP contribution < -0.4 is 0 Å². The van der Waals surface area contributed by atoms with Crippen LogP contribution in [0.15, 0.2) is 78.9 Å². The summed E-state index contributed by atoms with van der Waals surface area (Å²) in [6.07, 6.45) is 10.7. The minimum atomic E-state index is -0.227. The molecule has 3 aromatic rings. The second kappa shape index (κ2) is 13.0. The number of likely N-dealkylation sites (N-methyl/N-ethyl adjacent to an activating group) is 1. The van der Waals surface area contributed by atoms with Gasteiger partial charge >= 0.3 is 0 Å². The predicted molar refractivity (Wildman–Crippen MR) is 157 cm³/mol. The van der Waals surface area contributed by atoms with E-state index in [0.717, 1.165) is 28.2 Å². The first-order valence-electron chi connectivity index (χ1n) is 14.3. The second-order valence-electron chi connectivity index (χ2n) is 11.2. The van der Waals surface area contributed by atoms with E-state index >= 15 is 4.39 Å². The van der Waals surface area contributed by atoms with Crippen LogP contribution in [0.4, 0.5) is 4.39 Å². The van der Waals surface area contributed by atoms with Crippen molar-refractivity contribution in [2.75, 3.05) is 7.05 Å². The fourth-order valence-corrected chi connectivity index (χ4v) is 5.81. The zero-order valence-corrected chi connectivity index (χ0v) is 23.3. The largest absolute Gasteiger partial charge is 0.338 e. The van der Waals surface area contributed by atoms with E-state index in [-0.39, 0.29) is 11.7 Å². The number of amides is 1. The number of carbonyl (C=O) groups is 1. The van der Waals surface area contributed by atoms with Crippen LogP contribution >= 0.6 is 0 Å². The molecule has 0 saturated heterocycles. The lowest BCUT2D eigenvalue weighted by molar-refractivity contribution is -0.126. The Hall–Kier alpha value is -3.20. The zero-order valence-electron chi connectivity index (χ0n) is 23.3. The fourth-order valence-electron chi connectivity index (χ4n) is 5.81. The van der Waals surface area contributed by atoms with Crippen LogP contribution in [0.3, 0.4) is 0 Å². The molecule has 0 radical (unpaired) electrons. The molecule has 3 heteroatoms. The molecule has 0 spiro atoms. The molecule has 38 heavy (non-hydrogen) atoms. The summed E-state index contributed by atoms with van der Waals surface area (Å²) in [5, 5.41) is 0. The first kappa shape index (κ1) is 27.8. The average molecular weight is 512 g/mol. The molecular formula is C35H42FNO. The van der Waals surface area contributed by atoms with Crippen molar-refractivity contribution in [3.8, 4) is 22.3 Å². The van der Waals surface area contributed by atoms with Gasteiger partial charge in [0.1, 0.15) is 5.82 Å². The van der Waals surface area contributed by atoms with Crippen LogP contribution in [0, 0.1) is 11.7 Å². The molecule has 0 aliphatic heterocycles. The van der Waals surface area contributed by atoms with Crippen molar-refractivity contribution in [2.45, 2.75) is 77.7 Å². The second-order valence-corrected chi connectivity index (χ2v) is 11.2. The van der Waals surface area contributed by atoms with Crippen LogP contribution in [-0.4, -0.2) is 17.9 Å². The molecule has 0 bridgehead atoms. The van der Waals surface area contributed by atoms with Gasteiger partial charge in [-0.3, -0.25) is 4.79 Å². The van der Waals surface area contributed by atoms with E-state index in [9.17, 15) is 4.79 Å². The predicted octanol–water partition coefficient (Wildman–Crippen LogP) is 9.55. The smallest absolute Gasteiger partial charge is 0.248 e. The zero-order chi connectivity index (χ0) is 27.1. The molecule has 4 rings (SSSR count). The molecule has 200 valence electrons. The highest BCUT2D eigenvalue weighted by atomic mass is 19.1. The maximum atomic E-state index is 15.2. The molecule has 0 N–H and O–H groups in total. The fraction of sp³-hybridized carbons (Fsp3) is 0.400. The van der Waals surface area contributed by atoms with Crippen molar-refractivity contribution in [2.24, 2.45) is 5.92 Å². The van der Waals surface area contributed by atoms with Crippen molar-refractivity contribution >= 4 is 5.91 Å². The van der Waals surface area contributed by atoms with Crippen LogP contribution in [0.25, 0.3) is 22.3 Å². The van der Waals surface area contributed by atoms with Crippen molar-refractivity contribution in [1.82, 2.24) is 4.90 Å². The van der Waals surface area contributed by atoms with Gasteiger partial charge in [0, 0.05) is 24.7 Å². The molecule has 1 amide bonds. The summed E-state index contributed by atoms with van der Waals surface area (Å²) in [5.41, 5.74) is 6.29. The van der Waals surface area contributed by atoms with E-state index in [1.807, 2.05) is 36.4 Å². The SMILES string of the molecule is C=C(C)C(=O)N(C)Cc1ccc(-c2ccc(-c3ccc(C4CCC(CCCCC)CC4)cc3)cc2F)cc1. The van der Waals surface area contributed by atoms with Gasteiger partial charge in [0.05, 0.1) is 0 Å². The van der Waals surface area contributed by atoms with E-state index in [2.05, 4.69) is 37.8 Å². The summed E-state index contributed by atoms with van der Waals surface area (Å²) >= 11 is 0. The molecule has 1 saturated carbocycles. The molecule has 1 aliphatic rings. The number of unbranched alkanes of at least 4 members (excludes halogenated alkanes) is 2. The normalized spacial score (nSPS) is 17.3. The molecular weight excluding hydrogens is 469 g/mol. The molecule has 3 aromatic carbocycles. The monoisotopic (exact) mass is 511 g/mol. The Morgan fingerprint density at radius 2 is 1.53 bits per heavy atom. The summed E-state index contributed by atoms with van der Waals surface area (Å²) in [5.74, 6) is 1.28. The number of benzene rings is 3. The number of hydrogen-bond donors (Lipinski definition) is 0. The molecule has 2 nitrogen and oxygen atoms in total. The lowest BCUT2D eigenvalue weighted by Gasteiger charge is -2.29. The molecule has 0 atom stereocenters. The maximum absolute atomic E-state index is 15.2.